The number of thiophene rings is 1. The smallest absolute Gasteiger partial charge is 0.123 e. The largest absolute Gasteiger partial charge is 0.309 e. The molecule has 0 saturated carbocycles. The van der Waals surface area contributed by atoms with E-state index < -0.39 is 0 Å². The number of hydrogen-bond donors (Lipinski definition) is 1. The van der Waals surface area contributed by atoms with Gasteiger partial charge in [0.05, 0.1) is 0 Å². The van der Waals surface area contributed by atoms with E-state index >= 15 is 0 Å². The number of benzene rings is 1. The zero-order valence-corrected chi connectivity index (χ0v) is 12.6. The highest BCUT2D eigenvalue weighted by atomic mass is 35.5. The lowest BCUT2D eigenvalue weighted by Gasteiger charge is -2.17. The second-order valence-corrected chi connectivity index (χ2v) is 6.23. The van der Waals surface area contributed by atoms with Crippen LogP contribution >= 0.6 is 22.9 Å². The van der Waals surface area contributed by atoms with Gasteiger partial charge in [-0.2, -0.15) is 0 Å². The van der Waals surface area contributed by atoms with Gasteiger partial charge in [-0.1, -0.05) is 18.5 Å². The molecule has 1 aromatic heterocycles. The first kappa shape index (κ1) is 14.5. The monoisotopic (exact) mass is 297 g/mol. The predicted octanol–water partition coefficient (Wildman–Crippen LogP) is 4.74. The summed E-state index contributed by atoms with van der Waals surface area (Å²) in [5, 5.41) is 4.06. The summed E-state index contributed by atoms with van der Waals surface area (Å²) in [6, 6.07) is 8.95. The van der Waals surface area contributed by atoms with E-state index in [0.717, 1.165) is 12.1 Å². The minimum atomic E-state index is -0.239. The molecule has 0 aliphatic carbocycles. The van der Waals surface area contributed by atoms with E-state index in [-0.39, 0.29) is 11.9 Å². The Labute approximate surface area is 122 Å². The SMILES string of the molecule is CCNC(Cc1cc(F)ccc1Cl)c1ccc(C)s1. The molecule has 2 aromatic rings. The van der Waals surface area contributed by atoms with Crippen LogP contribution in [-0.4, -0.2) is 6.54 Å². The number of halogens is 2. The molecule has 0 fully saturated rings. The molecule has 1 aromatic carbocycles. The normalized spacial score (nSPS) is 12.6. The van der Waals surface area contributed by atoms with Gasteiger partial charge in [-0.25, -0.2) is 4.39 Å². The van der Waals surface area contributed by atoms with Gasteiger partial charge in [0, 0.05) is 20.8 Å². The lowest BCUT2D eigenvalue weighted by Crippen LogP contribution is -2.22. The van der Waals surface area contributed by atoms with Gasteiger partial charge < -0.3 is 5.32 Å². The van der Waals surface area contributed by atoms with Gasteiger partial charge >= 0.3 is 0 Å². The molecule has 2 rings (SSSR count). The second-order valence-electron chi connectivity index (χ2n) is 4.50. The number of rotatable bonds is 5. The number of hydrogen-bond acceptors (Lipinski definition) is 2. The first-order valence-corrected chi connectivity index (χ1v) is 7.53. The summed E-state index contributed by atoms with van der Waals surface area (Å²) in [5.74, 6) is -0.239. The first-order valence-electron chi connectivity index (χ1n) is 6.33. The fourth-order valence-corrected chi connectivity index (χ4v) is 3.23. The second kappa shape index (κ2) is 6.51. The molecule has 0 bridgehead atoms. The van der Waals surface area contributed by atoms with E-state index in [1.54, 1.807) is 17.4 Å². The Morgan fingerprint density at radius 2 is 2.11 bits per heavy atom. The summed E-state index contributed by atoms with van der Waals surface area (Å²) in [6.07, 6.45) is 0.699. The molecule has 1 N–H and O–H groups in total. The minimum absolute atomic E-state index is 0.183. The van der Waals surface area contributed by atoms with Gasteiger partial charge in [-0.05, 0) is 55.8 Å². The molecule has 1 heterocycles. The molecule has 0 amide bonds. The Bertz CT molecular complexity index is 553. The highest BCUT2D eigenvalue weighted by Crippen LogP contribution is 2.28. The molecule has 102 valence electrons. The Morgan fingerprint density at radius 1 is 1.32 bits per heavy atom. The van der Waals surface area contributed by atoms with E-state index in [0.29, 0.717) is 11.4 Å². The summed E-state index contributed by atoms with van der Waals surface area (Å²) in [4.78, 5) is 2.54. The van der Waals surface area contributed by atoms with Crippen LogP contribution in [0.1, 0.15) is 28.3 Å². The van der Waals surface area contributed by atoms with Crippen molar-refractivity contribution >= 4 is 22.9 Å². The lowest BCUT2D eigenvalue weighted by molar-refractivity contribution is 0.554. The van der Waals surface area contributed by atoms with Gasteiger partial charge in [-0.15, -0.1) is 11.3 Å². The van der Waals surface area contributed by atoms with Crippen molar-refractivity contribution < 1.29 is 4.39 Å². The van der Waals surface area contributed by atoms with Crippen LogP contribution < -0.4 is 5.32 Å². The summed E-state index contributed by atoms with van der Waals surface area (Å²) in [5.41, 5.74) is 0.846. The van der Waals surface area contributed by atoms with Gasteiger partial charge in [-0.3, -0.25) is 0 Å². The predicted molar refractivity (Wildman–Crippen MR) is 80.6 cm³/mol. The zero-order chi connectivity index (χ0) is 13.8. The standard InChI is InChI=1S/C15H17ClFNS/c1-3-18-14(15-7-4-10(2)19-15)9-11-8-12(17)5-6-13(11)16/h4-8,14,18H,3,9H2,1-2H3. The van der Waals surface area contributed by atoms with E-state index in [1.807, 2.05) is 0 Å². The van der Waals surface area contributed by atoms with Crippen LogP contribution in [0.25, 0.3) is 0 Å². The molecule has 1 atom stereocenters. The number of likely N-dealkylation sites (N-methyl/N-ethyl adjacent to an activating group) is 1. The van der Waals surface area contributed by atoms with E-state index in [9.17, 15) is 4.39 Å². The molecular weight excluding hydrogens is 281 g/mol. The zero-order valence-electron chi connectivity index (χ0n) is 11.0. The third-order valence-electron chi connectivity index (χ3n) is 2.99. The topological polar surface area (TPSA) is 12.0 Å². The van der Waals surface area contributed by atoms with Crippen molar-refractivity contribution in [3.63, 3.8) is 0 Å². The Kier molecular flexibility index (Phi) is 4.97. The molecule has 4 heteroatoms. The highest BCUT2D eigenvalue weighted by molar-refractivity contribution is 7.12. The van der Waals surface area contributed by atoms with Crippen LogP contribution in [0.15, 0.2) is 30.3 Å². The molecular formula is C15H17ClFNS. The lowest BCUT2D eigenvalue weighted by atomic mass is 10.0. The minimum Gasteiger partial charge on any atom is -0.309 e. The molecule has 0 radical (unpaired) electrons. The Hall–Kier alpha value is -0.900. The quantitative estimate of drug-likeness (QED) is 0.840. The number of aryl methyl sites for hydroxylation is 1. The molecule has 0 aliphatic rings. The maximum Gasteiger partial charge on any atom is 0.123 e. The van der Waals surface area contributed by atoms with Gasteiger partial charge in [0.15, 0.2) is 0 Å². The average molecular weight is 298 g/mol. The van der Waals surface area contributed by atoms with Crippen molar-refractivity contribution in [2.24, 2.45) is 0 Å². The van der Waals surface area contributed by atoms with Crippen molar-refractivity contribution in [1.29, 1.82) is 0 Å². The molecule has 0 spiro atoms. The first-order chi connectivity index (χ1) is 9.10. The van der Waals surface area contributed by atoms with Gasteiger partial charge in [0.2, 0.25) is 0 Å². The van der Waals surface area contributed by atoms with Crippen LogP contribution in [-0.2, 0) is 6.42 Å². The van der Waals surface area contributed by atoms with Crippen LogP contribution in [0.5, 0.6) is 0 Å². The molecule has 0 aliphatic heterocycles. The van der Waals surface area contributed by atoms with E-state index in [4.69, 9.17) is 11.6 Å². The molecule has 19 heavy (non-hydrogen) atoms. The Balaban J connectivity index is 2.23. The number of nitrogens with one attached hydrogen (secondary N) is 1. The van der Waals surface area contributed by atoms with E-state index in [2.05, 4.69) is 31.3 Å². The van der Waals surface area contributed by atoms with Crippen molar-refractivity contribution in [1.82, 2.24) is 5.32 Å². The highest BCUT2D eigenvalue weighted by Gasteiger charge is 2.15. The van der Waals surface area contributed by atoms with Crippen LogP contribution in [0.3, 0.4) is 0 Å². The van der Waals surface area contributed by atoms with Crippen molar-refractivity contribution in [2.45, 2.75) is 26.3 Å². The van der Waals surface area contributed by atoms with Gasteiger partial charge in [0.25, 0.3) is 0 Å². The maximum absolute atomic E-state index is 13.3. The maximum atomic E-state index is 13.3. The third-order valence-corrected chi connectivity index (χ3v) is 4.47. The summed E-state index contributed by atoms with van der Waals surface area (Å²) in [7, 11) is 0. The average Bonchev–Trinajstić information content (AvgIpc) is 2.80. The molecule has 1 nitrogen and oxygen atoms in total. The van der Waals surface area contributed by atoms with Gasteiger partial charge in [0.1, 0.15) is 5.82 Å². The van der Waals surface area contributed by atoms with Crippen LogP contribution in [0.4, 0.5) is 4.39 Å². The van der Waals surface area contributed by atoms with Crippen LogP contribution in [0, 0.1) is 12.7 Å². The van der Waals surface area contributed by atoms with E-state index in [1.165, 1.54) is 21.9 Å². The van der Waals surface area contributed by atoms with Crippen molar-refractivity contribution in [3.8, 4) is 0 Å². The van der Waals surface area contributed by atoms with Crippen molar-refractivity contribution in [3.05, 3.63) is 56.5 Å². The fourth-order valence-electron chi connectivity index (χ4n) is 2.08. The summed E-state index contributed by atoms with van der Waals surface area (Å²) in [6.45, 7) is 5.03. The molecule has 1 unspecified atom stereocenters. The fraction of sp³-hybridized carbons (Fsp3) is 0.333. The summed E-state index contributed by atoms with van der Waals surface area (Å²) < 4.78 is 13.3. The third kappa shape index (κ3) is 3.78. The summed E-state index contributed by atoms with van der Waals surface area (Å²) >= 11 is 7.91. The Morgan fingerprint density at radius 3 is 2.74 bits per heavy atom. The molecule has 0 saturated heterocycles. The van der Waals surface area contributed by atoms with Crippen LogP contribution in [0.2, 0.25) is 5.02 Å². The van der Waals surface area contributed by atoms with Crippen molar-refractivity contribution in [2.75, 3.05) is 6.54 Å².